The minimum Gasteiger partial charge on any atom is -0.477 e. The third kappa shape index (κ3) is 5.22. The molecular formula is C18H20N2O4S. The molecule has 0 aliphatic carbocycles. The van der Waals surface area contributed by atoms with Crippen LogP contribution in [0.1, 0.15) is 47.2 Å². The third-order valence-corrected chi connectivity index (χ3v) is 5.37. The van der Waals surface area contributed by atoms with Crippen LogP contribution in [0.15, 0.2) is 42.6 Å². The first kappa shape index (κ1) is 18.8. The van der Waals surface area contributed by atoms with E-state index < -0.39 is 22.7 Å². The van der Waals surface area contributed by atoms with Gasteiger partial charge in [-0.3, -0.25) is 9.00 Å². The summed E-state index contributed by atoms with van der Waals surface area (Å²) in [5.74, 6) is -1.13. The summed E-state index contributed by atoms with van der Waals surface area (Å²) in [4.78, 5) is 26.7. The SMILES string of the molecule is CC(C)(C)S(=O)Cc1cccc(NC(=O)c2ccc(C(=O)O)nc2)c1. The van der Waals surface area contributed by atoms with Crippen molar-refractivity contribution in [1.29, 1.82) is 0 Å². The minimum absolute atomic E-state index is 0.122. The van der Waals surface area contributed by atoms with E-state index in [0.717, 1.165) is 5.56 Å². The number of aromatic nitrogens is 1. The van der Waals surface area contributed by atoms with Gasteiger partial charge in [-0.2, -0.15) is 0 Å². The Balaban J connectivity index is 2.09. The third-order valence-electron chi connectivity index (χ3n) is 3.41. The van der Waals surface area contributed by atoms with E-state index in [1.54, 1.807) is 18.2 Å². The van der Waals surface area contributed by atoms with Crippen LogP contribution in [0.2, 0.25) is 0 Å². The highest BCUT2D eigenvalue weighted by molar-refractivity contribution is 7.85. The topological polar surface area (TPSA) is 96.4 Å². The van der Waals surface area contributed by atoms with Crippen molar-refractivity contribution in [2.45, 2.75) is 31.3 Å². The predicted octanol–water partition coefficient (Wildman–Crippen LogP) is 3.08. The first-order valence-corrected chi connectivity index (χ1v) is 8.97. The number of nitrogens with one attached hydrogen (secondary N) is 1. The number of carbonyl (C=O) groups excluding carboxylic acids is 1. The molecule has 0 spiro atoms. The van der Waals surface area contributed by atoms with Crippen molar-refractivity contribution in [3.05, 3.63) is 59.4 Å². The Bertz CT molecular complexity index is 811. The molecule has 132 valence electrons. The Kier molecular flexibility index (Phi) is 5.69. The molecule has 1 unspecified atom stereocenters. The highest BCUT2D eigenvalue weighted by Crippen LogP contribution is 2.19. The minimum atomic E-state index is -1.15. The molecule has 0 bridgehead atoms. The van der Waals surface area contributed by atoms with Gasteiger partial charge in [0.05, 0.1) is 5.56 Å². The molecule has 6 nitrogen and oxygen atoms in total. The Morgan fingerprint density at radius 1 is 1.20 bits per heavy atom. The lowest BCUT2D eigenvalue weighted by Gasteiger charge is -2.18. The summed E-state index contributed by atoms with van der Waals surface area (Å²) in [6.45, 7) is 5.76. The van der Waals surface area contributed by atoms with Crippen molar-refractivity contribution in [2.24, 2.45) is 0 Å². The van der Waals surface area contributed by atoms with E-state index in [4.69, 9.17) is 5.11 Å². The molecule has 0 saturated heterocycles. The molecular weight excluding hydrogens is 340 g/mol. The molecule has 25 heavy (non-hydrogen) atoms. The number of hydrogen-bond donors (Lipinski definition) is 2. The number of anilines is 1. The van der Waals surface area contributed by atoms with Gasteiger partial charge < -0.3 is 10.4 Å². The first-order chi connectivity index (χ1) is 11.7. The van der Waals surface area contributed by atoms with Crippen molar-refractivity contribution in [1.82, 2.24) is 4.98 Å². The van der Waals surface area contributed by atoms with E-state index in [2.05, 4.69) is 10.3 Å². The van der Waals surface area contributed by atoms with E-state index in [0.29, 0.717) is 11.4 Å². The van der Waals surface area contributed by atoms with Crippen LogP contribution < -0.4 is 5.32 Å². The standard InChI is InChI=1S/C18H20N2O4S/c1-18(2,3)25(24)11-12-5-4-6-14(9-12)20-16(21)13-7-8-15(17(22)23)19-10-13/h4-10H,11H2,1-3H3,(H,20,21)(H,22,23). The van der Waals surface area contributed by atoms with Crippen molar-refractivity contribution in [3.63, 3.8) is 0 Å². The molecule has 1 heterocycles. The number of aromatic carboxylic acids is 1. The van der Waals surface area contributed by atoms with Crippen molar-refractivity contribution < 1.29 is 18.9 Å². The molecule has 0 aliphatic heterocycles. The van der Waals surface area contributed by atoms with Gasteiger partial charge in [-0.1, -0.05) is 12.1 Å². The molecule has 7 heteroatoms. The lowest BCUT2D eigenvalue weighted by Crippen LogP contribution is -2.23. The molecule has 1 aromatic carbocycles. The molecule has 2 rings (SSSR count). The molecule has 1 aromatic heterocycles. The van der Waals surface area contributed by atoms with Gasteiger partial charge in [0.1, 0.15) is 5.69 Å². The molecule has 2 aromatic rings. The maximum absolute atomic E-state index is 12.2. The van der Waals surface area contributed by atoms with Crippen LogP contribution in [0.3, 0.4) is 0 Å². The Morgan fingerprint density at radius 2 is 1.92 bits per heavy atom. The average molecular weight is 360 g/mol. The van der Waals surface area contributed by atoms with Crippen molar-refractivity contribution >= 4 is 28.4 Å². The zero-order valence-corrected chi connectivity index (χ0v) is 15.1. The smallest absolute Gasteiger partial charge is 0.354 e. The van der Waals surface area contributed by atoms with Crippen LogP contribution in [0.25, 0.3) is 0 Å². The second kappa shape index (κ2) is 7.57. The highest BCUT2D eigenvalue weighted by Gasteiger charge is 2.19. The Hall–Kier alpha value is -2.54. The zero-order chi connectivity index (χ0) is 18.6. The number of benzene rings is 1. The van der Waals surface area contributed by atoms with Crippen LogP contribution in [-0.4, -0.2) is 30.9 Å². The molecule has 0 aliphatic rings. The largest absolute Gasteiger partial charge is 0.477 e. The second-order valence-electron chi connectivity index (χ2n) is 6.49. The summed E-state index contributed by atoms with van der Waals surface area (Å²) in [6.07, 6.45) is 1.22. The number of carbonyl (C=O) groups is 2. The molecule has 0 radical (unpaired) electrons. The summed E-state index contributed by atoms with van der Waals surface area (Å²) in [5.41, 5.74) is 1.58. The van der Waals surface area contributed by atoms with Gasteiger partial charge >= 0.3 is 5.97 Å². The number of nitrogens with zero attached hydrogens (tertiary/aromatic N) is 1. The highest BCUT2D eigenvalue weighted by atomic mass is 32.2. The van der Waals surface area contributed by atoms with Gasteiger partial charge in [-0.15, -0.1) is 0 Å². The van der Waals surface area contributed by atoms with Crippen LogP contribution in [-0.2, 0) is 16.6 Å². The maximum atomic E-state index is 12.2. The average Bonchev–Trinajstić information content (AvgIpc) is 2.54. The summed E-state index contributed by atoms with van der Waals surface area (Å²) in [6, 6.07) is 9.85. The van der Waals surface area contributed by atoms with Gasteiger partial charge in [-0.25, -0.2) is 9.78 Å². The number of amides is 1. The summed E-state index contributed by atoms with van der Waals surface area (Å²) >= 11 is 0. The van der Waals surface area contributed by atoms with E-state index >= 15 is 0 Å². The molecule has 0 fully saturated rings. The number of carboxylic acid groups (broad SMARTS) is 1. The monoisotopic (exact) mass is 360 g/mol. The van der Waals surface area contributed by atoms with Crippen molar-refractivity contribution in [3.8, 4) is 0 Å². The van der Waals surface area contributed by atoms with Gasteiger partial charge in [-0.05, 0) is 50.6 Å². The molecule has 1 atom stereocenters. The Morgan fingerprint density at radius 3 is 2.48 bits per heavy atom. The van der Waals surface area contributed by atoms with Crippen LogP contribution in [0, 0.1) is 0 Å². The normalized spacial score (nSPS) is 12.4. The fraction of sp³-hybridized carbons (Fsp3) is 0.278. The van der Waals surface area contributed by atoms with Crippen LogP contribution in [0.4, 0.5) is 5.69 Å². The van der Waals surface area contributed by atoms with E-state index in [1.165, 1.54) is 18.3 Å². The van der Waals surface area contributed by atoms with Gasteiger partial charge in [0.25, 0.3) is 5.91 Å². The fourth-order valence-electron chi connectivity index (χ4n) is 1.96. The number of pyridine rings is 1. The molecule has 0 saturated carbocycles. The quantitative estimate of drug-likeness (QED) is 0.854. The zero-order valence-electron chi connectivity index (χ0n) is 14.3. The lowest BCUT2D eigenvalue weighted by molar-refractivity contribution is 0.0690. The number of hydrogen-bond acceptors (Lipinski definition) is 4. The van der Waals surface area contributed by atoms with Gasteiger partial charge in [0, 0.05) is 33.2 Å². The fourth-order valence-corrected chi connectivity index (χ4v) is 2.88. The lowest BCUT2D eigenvalue weighted by atomic mass is 10.2. The molecule has 1 amide bonds. The summed E-state index contributed by atoms with van der Waals surface area (Å²) in [5, 5.41) is 11.6. The van der Waals surface area contributed by atoms with Gasteiger partial charge in [0.15, 0.2) is 0 Å². The van der Waals surface area contributed by atoms with Crippen molar-refractivity contribution in [2.75, 3.05) is 5.32 Å². The van der Waals surface area contributed by atoms with Gasteiger partial charge in [0.2, 0.25) is 0 Å². The summed E-state index contributed by atoms with van der Waals surface area (Å²) < 4.78 is 11.9. The maximum Gasteiger partial charge on any atom is 0.354 e. The van der Waals surface area contributed by atoms with E-state index in [-0.39, 0.29) is 16.0 Å². The van der Waals surface area contributed by atoms with E-state index in [1.807, 2.05) is 26.8 Å². The summed E-state index contributed by atoms with van der Waals surface area (Å²) in [7, 11) is -1.03. The molecule has 2 N–H and O–H groups in total. The Labute approximate surface area is 148 Å². The first-order valence-electron chi connectivity index (χ1n) is 7.65. The second-order valence-corrected chi connectivity index (χ2v) is 8.70. The van der Waals surface area contributed by atoms with Crippen LogP contribution in [0.5, 0.6) is 0 Å². The number of rotatable bonds is 5. The number of carboxylic acids is 1. The van der Waals surface area contributed by atoms with E-state index in [9.17, 15) is 13.8 Å². The van der Waals surface area contributed by atoms with Crippen LogP contribution >= 0.6 is 0 Å². The predicted molar refractivity (Wildman–Crippen MR) is 97.2 cm³/mol.